The average Bonchev–Trinajstić information content (AvgIpc) is 3.47. The van der Waals surface area contributed by atoms with Gasteiger partial charge in [-0.2, -0.15) is 0 Å². The number of hydrogen-bond acceptors (Lipinski definition) is 5. The van der Waals surface area contributed by atoms with Gasteiger partial charge in [0.25, 0.3) is 0 Å². The Kier molecular flexibility index (Phi) is 7.81. The molecule has 4 rings (SSSR count). The van der Waals surface area contributed by atoms with Crippen LogP contribution in [-0.2, 0) is 17.8 Å². The summed E-state index contributed by atoms with van der Waals surface area (Å²) in [7, 11) is 0. The minimum atomic E-state index is 0.148. The van der Waals surface area contributed by atoms with Crippen LogP contribution >= 0.6 is 23.1 Å². The topological polar surface area (TPSA) is 51.0 Å². The third-order valence-corrected chi connectivity index (χ3v) is 7.67. The van der Waals surface area contributed by atoms with Crippen molar-refractivity contribution < 1.29 is 4.79 Å². The number of rotatable bonds is 9. The highest BCUT2D eigenvalue weighted by Crippen LogP contribution is 2.33. The summed E-state index contributed by atoms with van der Waals surface area (Å²) in [6.45, 7) is 3.39. The van der Waals surface area contributed by atoms with E-state index >= 15 is 0 Å². The highest BCUT2D eigenvalue weighted by molar-refractivity contribution is 7.99. The van der Waals surface area contributed by atoms with Crippen LogP contribution in [0.5, 0.6) is 0 Å². The molecule has 0 aliphatic heterocycles. The number of amides is 1. The maximum absolute atomic E-state index is 13.0. The van der Waals surface area contributed by atoms with Crippen molar-refractivity contribution in [3.05, 3.63) is 64.1 Å². The summed E-state index contributed by atoms with van der Waals surface area (Å²) >= 11 is 3.30. The molecule has 2 aromatic heterocycles. The second-order valence-corrected chi connectivity index (χ2v) is 9.97. The molecule has 5 nitrogen and oxygen atoms in total. The molecule has 1 aliphatic carbocycles. The maximum atomic E-state index is 13.0. The van der Waals surface area contributed by atoms with E-state index in [9.17, 15) is 4.79 Å². The van der Waals surface area contributed by atoms with E-state index in [1.165, 1.54) is 48.7 Å². The van der Waals surface area contributed by atoms with Crippen molar-refractivity contribution in [3.63, 3.8) is 0 Å². The van der Waals surface area contributed by atoms with E-state index in [0.29, 0.717) is 24.9 Å². The summed E-state index contributed by atoms with van der Waals surface area (Å²) in [6.07, 6.45) is 6.98. The summed E-state index contributed by atoms with van der Waals surface area (Å²) in [5, 5.41) is 12.1. The lowest BCUT2D eigenvalue weighted by molar-refractivity contribution is -0.128. The van der Waals surface area contributed by atoms with Crippen LogP contribution in [0.15, 0.2) is 53.0 Å². The predicted octanol–water partition coefficient (Wildman–Crippen LogP) is 5.58. The average molecular weight is 455 g/mol. The van der Waals surface area contributed by atoms with E-state index in [1.54, 1.807) is 11.3 Å². The van der Waals surface area contributed by atoms with Gasteiger partial charge in [0.05, 0.1) is 5.75 Å². The number of carbonyl (C=O) groups is 1. The van der Waals surface area contributed by atoms with Gasteiger partial charge in [0.1, 0.15) is 5.82 Å². The smallest absolute Gasteiger partial charge is 0.233 e. The number of thioether (sulfide) groups is 1. The Morgan fingerprint density at radius 2 is 1.94 bits per heavy atom. The Morgan fingerprint density at radius 1 is 1.13 bits per heavy atom. The van der Waals surface area contributed by atoms with E-state index < -0.39 is 0 Å². The lowest BCUT2D eigenvalue weighted by atomic mass is 9.95. The van der Waals surface area contributed by atoms with Crippen molar-refractivity contribution in [2.75, 3.05) is 12.3 Å². The second kappa shape index (κ2) is 11.0. The second-order valence-electron chi connectivity index (χ2n) is 8.00. The SMILES string of the molecule is CCN(Cc1ccccc1)C(=O)CSc1nnc(Cc2cccs2)n1C1CCCCC1. The minimum absolute atomic E-state index is 0.148. The third-order valence-electron chi connectivity index (χ3n) is 5.86. The number of hydrogen-bond donors (Lipinski definition) is 0. The maximum Gasteiger partial charge on any atom is 0.233 e. The first-order chi connectivity index (χ1) is 15.2. The number of aromatic nitrogens is 3. The molecule has 0 N–H and O–H groups in total. The zero-order valence-corrected chi connectivity index (χ0v) is 19.7. The summed E-state index contributed by atoms with van der Waals surface area (Å²) in [5.41, 5.74) is 1.16. The molecule has 164 valence electrons. The Morgan fingerprint density at radius 3 is 2.65 bits per heavy atom. The molecule has 31 heavy (non-hydrogen) atoms. The molecule has 1 aliphatic rings. The molecule has 0 radical (unpaired) electrons. The van der Waals surface area contributed by atoms with Crippen molar-refractivity contribution in [3.8, 4) is 0 Å². The van der Waals surface area contributed by atoms with E-state index in [2.05, 4.69) is 44.4 Å². The van der Waals surface area contributed by atoms with E-state index in [4.69, 9.17) is 0 Å². The van der Waals surface area contributed by atoms with Gasteiger partial charge in [0.2, 0.25) is 5.91 Å². The van der Waals surface area contributed by atoms with Gasteiger partial charge in [-0.15, -0.1) is 21.5 Å². The fraction of sp³-hybridized carbons (Fsp3) is 0.458. The van der Waals surface area contributed by atoms with Crippen LogP contribution in [0.25, 0.3) is 0 Å². The summed E-state index contributed by atoms with van der Waals surface area (Å²) < 4.78 is 2.34. The van der Waals surface area contributed by atoms with Gasteiger partial charge in [-0.05, 0) is 36.8 Å². The fourth-order valence-corrected chi connectivity index (χ4v) is 5.83. The van der Waals surface area contributed by atoms with Crippen molar-refractivity contribution in [1.82, 2.24) is 19.7 Å². The number of thiophene rings is 1. The molecule has 2 heterocycles. The van der Waals surface area contributed by atoms with E-state index in [0.717, 1.165) is 23.0 Å². The highest BCUT2D eigenvalue weighted by Gasteiger charge is 2.24. The van der Waals surface area contributed by atoms with Crippen molar-refractivity contribution in [2.45, 2.75) is 63.2 Å². The third kappa shape index (κ3) is 5.77. The van der Waals surface area contributed by atoms with Gasteiger partial charge in [0.15, 0.2) is 5.16 Å². The molecule has 0 atom stereocenters. The Hall–Kier alpha value is -2.12. The Labute approximate surface area is 192 Å². The number of carbonyl (C=O) groups excluding carboxylic acids is 1. The standard InChI is InChI=1S/C24H30N4OS2/c1-2-27(17-19-10-5-3-6-11-19)23(29)18-31-24-26-25-22(16-21-14-9-15-30-21)28(24)20-12-7-4-8-13-20/h3,5-6,9-11,14-15,20H,2,4,7-8,12-13,16-18H2,1H3. The monoisotopic (exact) mass is 454 g/mol. The van der Waals surface area contributed by atoms with Gasteiger partial charge in [-0.1, -0.05) is 67.4 Å². The van der Waals surface area contributed by atoms with Crippen LogP contribution in [0.4, 0.5) is 0 Å². The molecule has 0 spiro atoms. The molecule has 1 aromatic carbocycles. The first-order valence-corrected chi connectivity index (χ1v) is 13.0. The van der Waals surface area contributed by atoms with Crippen molar-refractivity contribution >= 4 is 29.0 Å². The van der Waals surface area contributed by atoms with Crippen LogP contribution < -0.4 is 0 Å². The Balaban J connectivity index is 1.46. The predicted molar refractivity (Wildman–Crippen MR) is 128 cm³/mol. The Bertz CT molecular complexity index is 949. The van der Waals surface area contributed by atoms with Gasteiger partial charge < -0.3 is 9.47 Å². The largest absolute Gasteiger partial charge is 0.338 e. The minimum Gasteiger partial charge on any atom is -0.338 e. The molecule has 0 saturated heterocycles. The number of nitrogens with zero attached hydrogens (tertiary/aromatic N) is 4. The summed E-state index contributed by atoms with van der Waals surface area (Å²) in [4.78, 5) is 16.2. The van der Waals surface area contributed by atoms with Crippen LogP contribution in [0.1, 0.15) is 61.3 Å². The van der Waals surface area contributed by atoms with Crippen LogP contribution in [0, 0.1) is 0 Å². The normalized spacial score (nSPS) is 14.6. The quantitative estimate of drug-likeness (QED) is 0.396. The first kappa shape index (κ1) is 22.1. The molecule has 0 unspecified atom stereocenters. The van der Waals surface area contributed by atoms with Crippen molar-refractivity contribution in [2.24, 2.45) is 0 Å². The zero-order valence-electron chi connectivity index (χ0n) is 18.1. The fourth-order valence-electron chi connectivity index (χ4n) is 4.20. The highest BCUT2D eigenvalue weighted by atomic mass is 32.2. The van der Waals surface area contributed by atoms with Crippen LogP contribution in [0.2, 0.25) is 0 Å². The lowest BCUT2D eigenvalue weighted by Gasteiger charge is -2.26. The molecular weight excluding hydrogens is 424 g/mol. The van der Waals surface area contributed by atoms with E-state index in [-0.39, 0.29) is 5.91 Å². The van der Waals surface area contributed by atoms with Gasteiger partial charge in [-0.25, -0.2) is 0 Å². The summed E-state index contributed by atoms with van der Waals surface area (Å²) in [5.74, 6) is 1.57. The first-order valence-electron chi connectivity index (χ1n) is 11.1. The molecule has 3 aromatic rings. The summed E-state index contributed by atoms with van der Waals surface area (Å²) in [6, 6.07) is 14.9. The molecule has 7 heteroatoms. The van der Waals surface area contributed by atoms with E-state index in [1.807, 2.05) is 30.0 Å². The van der Waals surface area contributed by atoms with Gasteiger partial charge in [-0.3, -0.25) is 4.79 Å². The molecule has 1 amide bonds. The van der Waals surface area contributed by atoms with Gasteiger partial charge >= 0.3 is 0 Å². The van der Waals surface area contributed by atoms with Crippen LogP contribution in [0.3, 0.4) is 0 Å². The van der Waals surface area contributed by atoms with Gasteiger partial charge in [0, 0.05) is 30.4 Å². The molecule has 1 fully saturated rings. The number of benzene rings is 1. The molecular formula is C24H30N4OS2. The lowest BCUT2D eigenvalue weighted by Crippen LogP contribution is -2.31. The zero-order chi connectivity index (χ0) is 21.5. The molecule has 1 saturated carbocycles. The van der Waals surface area contributed by atoms with Crippen LogP contribution in [-0.4, -0.2) is 37.9 Å². The molecule has 0 bridgehead atoms. The van der Waals surface area contributed by atoms with Crippen molar-refractivity contribution in [1.29, 1.82) is 0 Å².